The summed E-state index contributed by atoms with van der Waals surface area (Å²) in [6.45, 7) is 6.40. The number of hydrogen-bond donors (Lipinski definition) is 1. The molecule has 1 rings (SSSR count). The number of carboxylic acids is 1. The van der Waals surface area contributed by atoms with E-state index in [0.29, 0.717) is 11.1 Å². The number of carbonyl (C=O) groups is 3. The molecule has 0 aliphatic heterocycles. The standard InChI is InChI=1S/C18H21NO5/c1-13(16(21)22)19(24-17(23)18(2,3)4)11-5-6-14-7-9-15(12-20)10-8-14/h7-10,12-13H,11H2,1-4H3,(H,21,22)/t13-/m0/s1. The van der Waals surface area contributed by atoms with Crippen LogP contribution in [0.15, 0.2) is 24.3 Å². The Hall–Kier alpha value is -2.65. The summed E-state index contributed by atoms with van der Waals surface area (Å²) in [5.74, 6) is 3.97. The van der Waals surface area contributed by atoms with Gasteiger partial charge in [0.05, 0.1) is 12.0 Å². The maximum Gasteiger partial charge on any atom is 0.330 e. The van der Waals surface area contributed by atoms with Gasteiger partial charge < -0.3 is 9.94 Å². The van der Waals surface area contributed by atoms with E-state index in [4.69, 9.17) is 9.94 Å². The monoisotopic (exact) mass is 331 g/mol. The molecule has 0 heterocycles. The minimum atomic E-state index is -1.12. The molecule has 0 amide bonds. The number of aldehydes is 1. The van der Waals surface area contributed by atoms with Gasteiger partial charge >= 0.3 is 11.9 Å². The van der Waals surface area contributed by atoms with E-state index in [9.17, 15) is 14.4 Å². The van der Waals surface area contributed by atoms with Crippen molar-refractivity contribution in [2.24, 2.45) is 5.41 Å². The summed E-state index contributed by atoms with van der Waals surface area (Å²) < 4.78 is 0. The van der Waals surface area contributed by atoms with Crippen LogP contribution in [0.1, 0.15) is 43.6 Å². The molecule has 1 aromatic rings. The molecular formula is C18H21NO5. The van der Waals surface area contributed by atoms with Gasteiger partial charge in [-0.25, -0.2) is 4.79 Å². The van der Waals surface area contributed by atoms with E-state index >= 15 is 0 Å². The Labute approximate surface area is 141 Å². The van der Waals surface area contributed by atoms with Crippen LogP contribution < -0.4 is 0 Å². The largest absolute Gasteiger partial charge is 0.480 e. The van der Waals surface area contributed by atoms with Gasteiger partial charge in [0.15, 0.2) is 0 Å². The zero-order valence-electron chi connectivity index (χ0n) is 14.2. The maximum atomic E-state index is 12.0. The third-order valence-electron chi connectivity index (χ3n) is 3.12. The second kappa shape index (κ2) is 8.27. The average Bonchev–Trinajstić information content (AvgIpc) is 2.52. The molecule has 128 valence electrons. The van der Waals surface area contributed by atoms with Crippen molar-refractivity contribution >= 4 is 18.2 Å². The molecule has 1 N–H and O–H groups in total. The smallest absolute Gasteiger partial charge is 0.330 e. The second-order valence-corrected chi connectivity index (χ2v) is 6.26. The molecule has 6 heteroatoms. The molecule has 0 radical (unpaired) electrons. The molecule has 0 unspecified atom stereocenters. The van der Waals surface area contributed by atoms with Crippen molar-refractivity contribution in [2.75, 3.05) is 6.54 Å². The van der Waals surface area contributed by atoms with Gasteiger partial charge in [-0.2, -0.15) is 0 Å². The first-order valence-corrected chi connectivity index (χ1v) is 7.41. The van der Waals surface area contributed by atoms with Crippen LogP contribution in [-0.4, -0.2) is 41.0 Å². The normalized spacial score (nSPS) is 12.0. The van der Waals surface area contributed by atoms with Crippen LogP contribution in [0.3, 0.4) is 0 Å². The lowest BCUT2D eigenvalue weighted by Crippen LogP contribution is -2.43. The minimum Gasteiger partial charge on any atom is -0.480 e. The number of carboxylic acid groups (broad SMARTS) is 1. The predicted molar refractivity (Wildman–Crippen MR) is 88.1 cm³/mol. The van der Waals surface area contributed by atoms with Gasteiger partial charge in [0.1, 0.15) is 12.3 Å². The zero-order chi connectivity index (χ0) is 18.3. The van der Waals surface area contributed by atoms with Crippen LogP contribution in [0.25, 0.3) is 0 Å². The van der Waals surface area contributed by atoms with Crippen LogP contribution >= 0.6 is 0 Å². The third-order valence-corrected chi connectivity index (χ3v) is 3.12. The van der Waals surface area contributed by atoms with Crippen molar-refractivity contribution in [1.29, 1.82) is 0 Å². The van der Waals surface area contributed by atoms with Crippen molar-refractivity contribution in [3.8, 4) is 11.8 Å². The maximum absolute atomic E-state index is 12.0. The number of carbonyl (C=O) groups excluding carboxylic acids is 2. The second-order valence-electron chi connectivity index (χ2n) is 6.26. The van der Waals surface area contributed by atoms with Crippen LogP contribution in [0.5, 0.6) is 0 Å². The van der Waals surface area contributed by atoms with Crippen LogP contribution in [0, 0.1) is 17.3 Å². The highest BCUT2D eigenvalue weighted by atomic mass is 16.7. The predicted octanol–water partition coefficient (Wildman–Crippen LogP) is 2.13. The van der Waals surface area contributed by atoms with Gasteiger partial charge in [-0.1, -0.05) is 24.0 Å². The lowest BCUT2D eigenvalue weighted by molar-refractivity contribution is -0.209. The van der Waals surface area contributed by atoms with E-state index in [1.807, 2.05) is 0 Å². The van der Waals surface area contributed by atoms with Crippen LogP contribution in [-0.2, 0) is 14.4 Å². The summed E-state index contributed by atoms with van der Waals surface area (Å²) in [5.41, 5.74) is 0.459. The minimum absolute atomic E-state index is 0.0509. The highest BCUT2D eigenvalue weighted by Crippen LogP contribution is 2.17. The van der Waals surface area contributed by atoms with Gasteiger partial charge in [0.2, 0.25) is 0 Å². The summed E-state index contributed by atoms with van der Waals surface area (Å²) in [6, 6.07) is 5.61. The lowest BCUT2D eigenvalue weighted by atomic mass is 9.98. The number of hydrogen-bond acceptors (Lipinski definition) is 5. The molecule has 24 heavy (non-hydrogen) atoms. The first-order valence-electron chi connectivity index (χ1n) is 7.41. The molecule has 0 aliphatic carbocycles. The van der Waals surface area contributed by atoms with E-state index in [2.05, 4.69) is 11.8 Å². The molecule has 1 aromatic carbocycles. The summed E-state index contributed by atoms with van der Waals surface area (Å²) in [6.07, 6.45) is 0.736. The Morgan fingerprint density at radius 1 is 1.29 bits per heavy atom. The first-order chi connectivity index (χ1) is 11.1. The zero-order valence-corrected chi connectivity index (χ0v) is 14.2. The van der Waals surface area contributed by atoms with E-state index in [0.717, 1.165) is 11.3 Å². The van der Waals surface area contributed by atoms with Crippen LogP contribution in [0.2, 0.25) is 0 Å². The van der Waals surface area contributed by atoms with Gasteiger partial charge in [-0.15, -0.1) is 5.06 Å². The number of nitrogens with zero attached hydrogens (tertiary/aromatic N) is 1. The Bertz CT molecular complexity index is 661. The Kier molecular flexibility index (Phi) is 6.69. The topological polar surface area (TPSA) is 83.9 Å². The molecule has 0 spiro atoms. The number of rotatable bonds is 5. The quantitative estimate of drug-likeness (QED) is 0.505. The van der Waals surface area contributed by atoms with Crippen molar-refractivity contribution in [2.45, 2.75) is 33.7 Å². The SMILES string of the molecule is C[C@@H](C(=O)O)N(CC#Cc1ccc(C=O)cc1)OC(=O)C(C)(C)C. The molecule has 0 aromatic heterocycles. The van der Waals surface area contributed by atoms with E-state index in [1.54, 1.807) is 45.0 Å². The number of benzene rings is 1. The Morgan fingerprint density at radius 2 is 1.88 bits per heavy atom. The third kappa shape index (κ3) is 5.86. The summed E-state index contributed by atoms with van der Waals surface area (Å²) >= 11 is 0. The van der Waals surface area contributed by atoms with Gasteiger partial charge in [0.25, 0.3) is 0 Å². The van der Waals surface area contributed by atoms with E-state index in [1.165, 1.54) is 6.92 Å². The molecule has 0 fully saturated rings. The van der Waals surface area contributed by atoms with E-state index in [-0.39, 0.29) is 6.54 Å². The summed E-state index contributed by atoms with van der Waals surface area (Å²) in [4.78, 5) is 38.9. The lowest BCUT2D eigenvalue weighted by Gasteiger charge is -2.26. The molecule has 0 bridgehead atoms. The van der Waals surface area contributed by atoms with Crippen molar-refractivity contribution in [3.05, 3.63) is 35.4 Å². The van der Waals surface area contributed by atoms with Gasteiger partial charge in [-0.05, 0) is 39.8 Å². The highest BCUT2D eigenvalue weighted by Gasteiger charge is 2.30. The molecule has 0 saturated heterocycles. The van der Waals surface area contributed by atoms with Crippen LogP contribution in [0.4, 0.5) is 0 Å². The van der Waals surface area contributed by atoms with Crippen molar-refractivity contribution in [3.63, 3.8) is 0 Å². The summed E-state index contributed by atoms with van der Waals surface area (Å²) in [7, 11) is 0. The Balaban J connectivity index is 2.85. The van der Waals surface area contributed by atoms with E-state index < -0.39 is 23.4 Å². The fraction of sp³-hybridized carbons (Fsp3) is 0.389. The fourth-order valence-electron chi connectivity index (χ4n) is 1.48. The molecule has 0 aliphatic rings. The van der Waals surface area contributed by atoms with Gasteiger partial charge in [0, 0.05) is 11.1 Å². The Morgan fingerprint density at radius 3 is 2.33 bits per heavy atom. The van der Waals surface area contributed by atoms with Crippen molar-refractivity contribution in [1.82, 2.24) is 5.06 Å². The number of hydroxylamine groups is 2. The summed E-state index contributed by atoms with van der Waals surface area (Å²) in [5, 5.41) is 10.2. The average molecular weight is 331 g/mol. The molecule has 0 saturated carbocycles. The highest BCUT2D eigenvalue weighted by molar-refractivity contribution is 5.76. The molecule has 6 nitrogen and oxygen atoms in total. The fourth-order valence-corrected chi connectivity index (χ4v) is 1.48. The molecule has 1 atom stereocenters. The number of aliphatic carboxylic acids is 1. The molecular weight excluding hydrogens is 310 g/mol. The first kappa shape index (κ1) is 19.4. The van der Waals surface area contributed by atoms with Crippen molar-refractivity contribution < 1.29 is 24.3 Å². The van der Waals surface area contributed by atoms with Gasteiger partial charge in [-0.3, -0.25) is 9.59 Å².